The van der Waals surface area contributed by atoms with Crippen LogP contribution in [0, 0.1) is 6.92 Å². The van der Waals surface area contributed by atoms with Crippen LogP contribution in [-0.4, -0.2) is 14.5 Å². The van der Waals surface area contributed by atoms with E-state index in [1.165, 1.54) is 12.1 Å². The van der Waals surface area contributed by atoms with E-state index in [4.69, 9.17) is 0 Å². The third-order valence-corrected chi connectivity index (χ3v) is 5.30. The molecule has 1 N–H and O–H groups in total. The molecule has 29 heavy (non-hydrogen) atoms. The molecule has 0 unspecified atom stereocenters. The number of nitrogens with zero attached hydrogens (tertiary/aromatic N) is 3. The van der Waals surface area contributed by atoms with E-state index in [9.17, 15) is 18.0 Å². The fraction of sp³-hybridized carbons (Fsp3) is 0.381. The highest BCUT2D eigenvalue weighted by Crippen LogP contribution is 2.31. The SMILES string of the molecule is Cc1nc(NCc2cccc(C(F)(F)F)c2)c2cn(C3CCCC3)c(=O)cc2n1. The van der Waals surface area contributed by atoms with Gasteiger partial charge in [0.05, 0.1) is 16.5 Å². The zero-order valence-electron chi connectivity index (χ0n) is 16.0. The maximum atomic E-state index is 12.9. The molecule has 1 aliphatic carbocycles. The fourth-order valence-electron chi connectivity index (χ4n) is 3.88. The Labute approximate surface area is 165 Å². The van der Waals surface area contributed by atoms with Crippen molar-refractivity contribution in [2.75, 3.05) is 5.32 Å². The maximum absolute atomic E-state index is 12.9. The van der Waals surface area contributed by atoms with E-state index < -0.39 is 11.7 Å². The summed E-state index contributed by atoms with van der Waals surface area (Å²) in [6.45, 7) is 1.90. The number of benzene rings is 1. The Balaban J connectivity index is 1.68. The van der Waals surface area contributed by atoms with Gasteiger partial charge in [-0.2, -0.15) is 13.2 Å². The first-order chi connectivity index (χ1) is 13.8. The van der Waals surface area contributed by atoms with Crippen LogP contribution >= 0.6 is 0 Å². The molecule has 0 saturated heterocycles. The fourth-order valence-corrected chi connectivity index (χ4v) is 3.88. The van der Waals surface area contributed by atoms with E-state index >= 15 is 0 Å². The van der Waals surface area contributed by atoms with Gasteiger partial charge in [0.1, 0.15) is 11.6 Å². The van der Waals surface area contributed by atoms with Gasteiger partial charge in [-0.05, 0) is 37.5 Å². The molecule has 1 saturated carbocycles. The summed E-state index contributed by atoms with van der Waals surface area (Å²) in [6, 6.07) is 6.88. The molecule has 4 rings (SSSR count). The van der Waals surface area contributed by atoms with Gasteiger partial charge in [0.15, 0.2) is 0 Å². The van der Waals surface area contributed by atoms with E-state index in [-0.39, 0.29) is 18.1 Å². The summed E-state index contributed by atoms with van der Waals surface area (Å²) in [6.07, 6.45) is 1.52. The number of fused-ring (bicyclic) bond motifs is 1. The summed E-state index contributed by atoms with van der Waals surface area (Å²) in [5.74, 6) is 0.999. The van der Waals surface area contributed by atoms with Crippen LogP contribution in [0.3, 0.4) is 0 Å². The second-order valence-electron chi connectivity index (χ2n) is 7.43. The number of nitrogens with one attached hydrogen (secondary N) is 1. The maximum Gasteiger partial charge on any atom is 0.416 e. The van der Waals surface area contributed by atoms with Crippen molar-refractivity contribution < 1.29 is 13.2 Å². The van der Waals surface area contributed by atoms with Gasteiger partial charge in [0, 0.05) is 24.8 Å². The van der Waals surface area contributed by atoms with Gasteiger partial charge in [-0.1, -0.05) is 25.0 Å². The molecule has 0 bridgehead atoms. The molecule has 0 atom stereocenters. The van der Waals surface area contributed by atoms with Crippen molar-refractivity contribution in [1.29, 1.82) is 0 Å². The van der Waals surface area contributed by atoms with Crippen LogP contribution in [0.1, 0.15) is 48.7 Å². The highest BCUT2D eigenvalue weighted by atomic mass is 19.4. The van der Waals surface area contributed by atoms with Crippen LogP contribution in [0.2, 0.25) is 0 Å². The lowest BCUT2D eigenvalue weighted by Crippen LogP contribution is -2.22. The molecule has 0 amide bonds. The smallest absolute Gasteiger partial charge is 0.365 e. The third kappa shape index (κ3) is 4.11. The lowest BCUT2D eigenvalue weighted by atomic mass is 10.1. The Morgan fingerprint density at radius 3 is 2.66 bits per heavy atom. The van der Waals surface area contributed by atoms with Gasteiger partial charge in [0.2, 0.25) is 0 Å². The minimum atomic E-state index is -4.38. The molecule has 1 aromatic carbocycles. The van der Waals surface area contributed by atoms with E-state index in [1.807, 2.05) is 0 Å². The molecular formula is C21H21F3N4O. The Kier molecular flexibility index (Phi) is 5.02. The first-order valence-electron chi connectivity index (χ1n) is 9.62. The Bertz CT molecular complexity index is 1100. The summed E-state index contributed by atoms with van der Waals surface area (Å²) in [5.41, 5.74) is 0.249. The average molecular weight is 402 g/mol. The summed E-state index contributed by atoms with van der Waals surface area (Å²) >= 11 is 0. The van der Waals surface area contributed by atoms with Crippen molar-refractivity contribution in [2.24, 2.45) is 0 Å². The number of alkyl halides is 3. The second kappa shape index (κ2) is 7.50. The van der Waals surface area contributed by atoms with Crippen LogP contribution in [0.25, 0.3) is 10.9 Å². The lowest BCUT2D eigenvalue weighted by molar-refractivity contribution is -0.137. The number of rotatable bonds is 4. The molecule has 8 heteroatoms. The molecule has 1 fully saturated rings. The first-order valence-corrected chi connectivity index (χ1v) is 9.62. The standard InChI is InChI=1S/C21H21F3N4O/c1-13-26-18-10-19(29)28(16-7-2-3-8-16)12-17(18)20(27-13)25-11-14-5-4-6-15(9-14)21(22,23)24/h4-6,9-10,12,16H,2-3,7-8,11H2,1H3,(H,25,26,27). The van der Waals surface area contributed by atoms with Crippen LogP contribution < -0.4 is 10.9 Å². The monoisotopic (exact) mass is 402 g/mol. The molecule has 2 aromatic heterocycles. The Morgan fingerprint density at radius 2 is 1.93 bits per heavy atom. The molecule has 0 aliphatic heterocycles. The van der Waals surface area contributed by atoms with E-state index in [0.717, 1.165) is 37.8 Å². The van der Waals surface area contributed by atoms with E-state index in [1.54, 1.807) is 23.8 Å². The molecule has 0 spiro atoms. The van der Waals surface area contributed by atoms with Crippen LogP contribution in [-0.2, 0) is 12.7 Å². The minimum absolute atomic E-state index is 0.0914. The number of aromatic nitrogens is 3. The number of pyridine rings is 1. The van der Waals surface area contributed by atoms with Gasteiger partial charge in [-0.25, -0.2) is 9.97 Å². The van der Waals surface area contributed by atoms with Gasteiger partial charge < -0.3 is 9.88 Å². The van der Waals surface area contributed by atoms with Crippen molar-refractivity contribution in [3.05, 3.63) is 63.8 Å². The van der Waals surface area contributed by atoms with Crippen molar-refractivity contribution in [3.63, 3.8) is 0 Å². The summed E-state index contributed by atoms with van der Waals surface area (Å²) in [7, 11) is 0. The molecule has 0 radical (unpaired) electrons. The third-order valence-electron chi connectivity index (χ3n) is 5.30. The van der Waals surface area contributed by atoms with Crippen molar-refractivity contribution in [2.45, 2.75) is 51.4 Å². The molecule has 152 valence electrons. The van der Waals surface area contributed by atoms with E-state index in [0.29, 0.717) is 28.1 Å². The van der Waals surface area contributed by atoms with E-state index in [2.05, 4.69) is 15.3 Å². The Hall–Kier alpha value is -2.90. The predicted molar refractivity (Wildman–Crippen MR) is 105 cm³/mol. The number of aryl methyl sites for hydroxylation is 1. The summed E-state index contributed by atoms with van der Waals surface area (Å²) < 4.78 is 40.6. The Morgan fingerprint density at radius 1 is 1.17 bits per heavy atom. The van der Waals surface area contributed by atoms with Gasteiger partial charge >= 0.3 is 6.18 Å². The molecule has 1 aliphatic rings. The largest absolute Gasteiger partial charge is 0.416 e. The van der Waals surface area contributed by atoms with Crippen LogP contribution in [0.5, 0.6) is 0 Å². The second-order valence-corrected chi connectivity index (χ2v) is 7.43. The zero-order valence-corrected chi connectivity index (χ0v) is 16.0. The lowest BCUT2D eigenvalue weighted by Gasteiger charge is -2.16. The number of anilines is 1. The highest BCUT2D eigenvalue weighted by molar-refractivity contribution is 5.88. The van der Waals surface area contributed by atoms with Crippen LogP contribution in [0.4, 0.5) is 19.0 Å². The van der Waals surface area contributed by atoms with Gasteiger partial charge in [-0.15, -0.1) is 0 Å². The normalized spacial score (nSPS) is 15.2. The molecular weight excluding hydrogens is 381 g/mol. The number of hydrogen-bond acceptors (Lipinski definition) is 4. The number of halogens is 3. The topological polar surface area (TPSA) is 59.8 Å². The summed E-state index contributed by atoms with van der Waals surface area (Å²) in [4.78, 5) is 21.3. The van der Waals surface area contributed by atoms with Crippen molar-refractivity contribution in [1.82, 2.24) is 14.5 Å². The van der Waals surface area contributed by atoms with Gasteiger partial charge in [0.25, 0.3) is 5.56 Å². The molecule has 2 heterocycles. The van der Waals surface area contributed by atoms with Gasteiger partial charge in [-0.3, -0.25) is 4.79 Å². The average Bonchev–Trinajstić information content (AvgIpc) is 3.19. The van der Waals surface area contributed by atoms with Crippen molar-refractivity contribution in [3.8, 4) is 0 Å². The zero-order chi connectivity index (χ0) is 20.6. The predicted octanol–water partition coefficient (Wildman–Crippen LogP) is 4.85. The molecule has 5 nitrogen and oxygen atoms in total. The number of hydrogen-bond donors (Lipinski definition) is 1. The van der Waals surface area contributed by atoms with Crippen LogP contribution in [0.15, 0.2) is 41.3 Å². The quantitative estimate of drug-likeness (QED) is 0.678. The summed E-state index contributed by atoms with van der Waals surface area (Å²) in [5, 5.41) is 3.82. The minimum Gasteiger partial charge on any atom is -0.365 e. The van der Waals surface area contributed by atoms with Crippen molar-refractivity contribution >= 4 is 16.7 Å². The molecule has 3 aromatic rings. The highest BCUT2D eigenvalue weighted by Gasteiger charge is 2.30. The first kappa shape index (κ1) is 19.4.